The molecule has 0 N–H and O–H groups in total. The number of hydrogen-bond acceptors (Lipinski definition) is 4. The standard InChI is InChI=1S/C22H28O3S/c1-3-24-20-9-13-8-18(20)17-11-14(10-16(13)17)26-22-15-6-4-5-7-19(15)25-21(22)12(2)23/h4-7,13-14,16-18,20-22H,3,8-11H2,1-2H3. The van der Waals surface area contributed by atoms with Crippen LogP contribution in [0.2, 0.25) is 0 Å². The van der Waals surface area contributed by atoms with Crippen LogP contribution in [-0.4, -0.2) is 29.8 Å². The van der Waals surface area contributed by atoms with E-state index >= 15 is 0 Å². The third-order valence-corrected chi connectivity index (χ3v) is 8.80. The van der Waals surface area contributed by atoms with Gasteiger partial charge >= 0.3 is 0 Å². The smallest absolute Gasteiger partial charge is 0.172 e. The van der Waals surface area contributed by atoms with Gasteiger partial charge in [-0.25, -0.2) is 0 Å². The maximum Gasteiger partial charge on any atom is 0.172 e. The fourth-order valence-corrected chi connectivity index (χ4v) is 8.12. The Hall–Kier alpha value is -1.00. The third kappa shape index (κ3) is 2.63. The monoisotopic (exact) mass is 372 g/mol. The Kier molecular flexibility index (Phi) is 4.32. The maximum atomic E-state index is 12.2. The molecule has 26 heavy (non-hydrogen) atoms. The second-order valence-corrected chi connectivity index (χ2v) is 10.0. The predicted molar refractivity (Wildman–Crippen MR) is 104 cm³/mol. The Balaban J connectivity index is 1.31. The van der Waals surface area contributed by atoms with Gasteiger partial charge < -0.3 is 9.47 Å². The number of rotatable bonds is 5. The minimum absolute atomic E-state index is 0.147. The zero-order chi connectivity index (χ0) is 17.8. The van der Waals surface area contributed by atoms with Gasteiger partial charge in [0, 0.05) is 17.4 Å². The zero-order valence-electron chi connectivity index (χ0n) is 15.6. The summed E-state index contributed by atoms with van der Waals surface area (Å²) in [5, 5.41) is 0.810. The molecule has 0 spiro atoms. The molecule has 3 saturated carbocycles. The molecule has 3 fully saturated rings. The minimum Gasteiger partial charge on any atom is -0.481 e. The number of carbonyl (C=O) groups is 1. The van der Waals surface area contributed by atoms with Crippen molar-refractivity contribution in [2.75, 3.05) is 6.61 Å². The number of Topliss-reactive ketones (excluding diaryl/α,β-unsaturated/α-hetero) is 1. The van der Waals surface area contributed by atoms with E-state index in [0.717, 1.165) is 36.0 Å². The molecule has 0 aromatic heterocycles. The molecule has 1 aromatic rings. The topological polar surface area (TPSA) is 35.5 Å². The molecule has 1 heterocycles. The van der Waals surface area contributed by atoms with Gasteiger partial charge in [-0.15, -0.1) is 11.8 Å². The van der Waals surface area contributed by atoms with Crippen LogP contribution in [0.5, 0.6) is 5.75 Å². The van der Waals surface area contributed by atoms with Crippen molar-refractivity contribution >= 4 is 17.5 Å². The number of hydrogen-bond donors (Lipinski definition) is 0. The highest BCUT2D eigenvalue weighted by Crippen LogP contribution is 2.62. The van der Waals surface area contributed by atoms with Crippen LogP contribution in [0.25, 0.3) is 0 Å². The first kappa shape index (κ1) is 17.1. The summed E-state index contributed by atoms with van der Waals surface area (Å²) in [5.41, 5.74) is 1.21. The summed E-state index contributed by atoms with van der Waals surface area (Å²) in [6, 6.07) is 8.20. The normalized spacial score (nSPS) is 42.5. The Morgan fingerprint density at radius 1 is 1.15 bits per heavy atom. The van der Waals surface area contributed by atoms with E-state index in [2.05, 4.69) is 19.1 Å². The molecular formula is C22H28O3S. The molecule has 0 amide bonds. The van der Waals surface area contributed by atoms with Gasteiger partial charge in [-0.1, -0.05) is 18.2 Å². The molecule has 2 bridgehead atoms. The van der Waals surface area contributed by atoms with E-state index in [0.29, 0.717) is 11.4 Å². The van der Waals surface area contributed by atoms with Crippen molar-refractivity contribution in [2.45, 2.75) is 62.2 Å². The quantitative estimate of drug-likeness (QED) is 0.754. The van der Waals surface area contributed by atoms with Crippen LogP contribution in [0, 0.1) is 23.7 Å². The molecule has 140 valence electrons. The van der Waals surface area contributed by atoms with Crippen LogP contribution in [0.4, 0.5) is 0 Å². The van der Waals surface area contributed by atoms with Gasteiger partial charge in [-0.3, -0.25) is 4.79 Å². The van der Waals surface area contributed by atoms with Gasteiger partial charge in [0.15, 0.2) is 11.9 Å². The molecule has 8 atom stereocenters. The highest BCUT2D eigenvalue weighted by Gasteiger charge is 2.57. The van der Waals surface area contributed by atoms with Gasteiger partial charge in [0.1, 0.15) is 5.75 Å². The second kappa shape index (κ2) is 6.56. The average Bonchev–Trinajstić information content (AvgIpc) is 3.35. The van der Waals surface area contributed by atoms with Gasteiger partial charge in [0.25, 0.3) is 0 Å². The fourth-order valence-electron chi connectivity index (χ4n) is 6.31. The molecule has 0 saturated heterocycles. The number of ether oxygens (including phenoxy) is 2. The van der Waals surface area contributed by atoms with Crippen LogP contribution in [0.1, 0.15) is 50.3 Å². The molecule has 8 unspecified atom stereocenters. The molecule has 4 heteroatoms. The van der Waals surface area contributed by atoms with E-state index in [9.17, 15) is 4.79 Å². The Morgan fingerprint density at radius 3 is 2.77 bits per heavy atom. The number of ketones is 1. The van der Waals surface area contributed by atoms with Crippen LogP contribution in [0.15, 0.2) is 24.3 Å². The lowest BCUT2D eigenvalue weighted by atomic mass is 9.80. The summed E-state index contributed by atoms with van der Waals surface area (Å²) in [4.78, 5) is 12.2. The largest absolute Gasteiger partial charge is 0.481 e. The van der Waals surface area contributed by atoms with Crippen LogP contribution in [-0.2, 0) is 9.53 Å². The van der Waals surface area contributed by atoms with Crippen molar-refractivity contribution in [3.63, 3.8) is 0 Å². The molecule has 5 rings (SSSR count). The lowest BCUT2D eigenvalue weighted by Crippen LogP contribution is -2.30. The summed E-state index contributed by atoms with van der Waals surface area (Å²) in [5.74, 6) is 4.45. The SMILES string of the molecule is CCOC1CC2CC1C1CC(SC3c4ccccc4OC3C(C)=O)CC21. The van der Waals surface area contributed by atoms with E-state index in [1.165, 1.54) is 31.2 Å². The molecule has 3 aliphatic carbocycles. The summed E-state index contributed by atoms with van der Waals surface area (Å²) in [7, 11) is 0. The summed E-state index contributed by atoms with van der Waals surface area (Å²) < 4.78 is 12.0. The first-order chi connectivity index (χ1) is 12.7. The number of carbonyl (C=O) groups excluding carboxylic acids is 1. The second-order valence-electron chi connectivity index (χ2n) is 8.55. The number of para-hydroxylation sites is 1. The Morgan fingerprint density at radius 2 is 1.96 bits per heavy atom. The van der Waals surface area contributed by atoms with E-state index in [1.807, 2.05) is 23.9 Å². The van der Waals surface area contributed by atoms with Crippen molar-refractivity contribution in [2.24, 2.45) is 23.7 Å². The molecule has 1 aliphatic heterocycles. The van der Waals surface area contributed by atoms with Crippen molar-refractivity contribution in [1.29, 1.82) is 0 Å². The lowest BCUT2D eigenvalue weighted by Gasteiger charge is -2.31. The summed E-state index contributed by atoms with van der Waals surface area (Å²) in [6.45, 7) is 4.64. The Bertz CT molecular complexity index is 704. The first-order valence-corrected chi connectivity index (χ1v) is 11.1. The van der Waals surface area contributed by atoms with Gasteiger partial charge in [-0.2, -0.15) is 0 Å². The van der Waals surface area contributed by atoms with Gasteiger partial charge in [0.05, 0.1) is 11.4 Å². The van der Waals surface area contributed by atoms with Crippen molar-refractivity contribution in [3.05, 3.63) is 29.8 Å². The van der Waals surface area contributed by atoms with E-state index < -0.39 is 0 Å². The fraction of sp³-hybridized carbons (Fsp3) is 0.682. The first-order valence-electron chi connectivity index (χ1n) is 10.2. The van der Waals surface area contributed by atoms with Crippen molar-refractivity contribution in [3.8, 4) is 5.75 Å². The lowest BCUT2D eigenvalue weighted by molar-refractivity contribution is -0.122. The summed E-state index contributed by atoms with van der Waals surface area (Å²) in [6.07, 6.45) is 5.48. The average molecular weight is 373 g/mol. The van der Waals surface area contributed by atoms with Crippen LogP contribution < -0.4 is 4.74 Å². The highest BCUT2D eigenvalue weighted by molar-refractivity contribution is 8.00. The third-order valence-electron chi connectivity index (χ3n) is 7.24. The predicted octanol–water partition coefficient (Wildman–Crippen LogP) is 4.65. The number of benzene rings is 1. The number of fused-ring (bicyclic) bond motifs is 6. The van der Waals surface area contributed by atoms with Gasteiger partial charge in [-0.05, 0) is 69.3 Å². The minimum atomic E-state index is -0.314. The highest BCUT2D eigenvalue weighted by atomic mass is 32.2. The molecule has 3 nitrogen and oxygen atoms in total. The van der Waals surface area contributed by atoms with Crippen LogP contribution >= 0.6 is 11.8 Å². The molecule has 1 aromatic carbocycles. The number of thioether (sulfide) groups is 1. The van der Waals surface area contributed by atoms with Gasteiger partial charge in [0.2, 0.25) is 0 Å². The van der Waals surface area contributed by atoms with Crippen LogP contribution in [0.3, 0.4) is 0 Å². The maximum absolute atomic E-state index is 12.2. The zero-order valence-corrected chi connectivity index (χ0v) is 16.4. The van der Waals surface area contributed by atoms with Crippen molar-refractivity contribution < 1.29 is 14.3 Å². The molecular weight excluding hydrogens is 344 g/mol. The Labute approximate surface area is 160 Å². The van der Waals surface area contributed by atoms with E-state index in [-0.39, 0.29) is 17.1 Å². The van der Waals surface area contributed by atoms with Crippen molar-refractivity contribution in [1.82, 2.24) is 0 Å². The molecule has 4 aliphatic rings. The molecule has 0 radical (unpaired) electrons. The van der Waals surface area contributed by atoms with E-state index in [4.69, 9.17) is 9.47 Å². The van der Waals surface area contributed by atoms with E-state index in [1.54, 1.807) is 6.92 Å². The summed E-state index contributed by atoms with van der Waals surface area (Å²) >= 11 is 2.01.